The summed E-state index contributed by atoms with van der Waals surface area (Å²) in [4.78, 5) is 0. The molecule has 0 radical (unpaired) electrons. The van der Waals surface area contributed by atoms with Crippen molar-refractivity contribution < 1.29 is 4.74 Å². The second-order valence-corrected chi connectivity index (χ2v) is 4.39. The molecule has 0 heterocycles. The number of hydrogen-bond acceptors (Lipinski definition) is 2. The average Bonchev–Trinajstić information content (AvgIpc) is 2.17. The smallest absolute Gasteiger partial charge is 0.119 e. The Morgan fingerprint density at radius 1 is 1.27 bits per heavy atom. The van der Waals surface area contributed by atoms with Crippen LogP contribution < -0.4 is 10.5 Å². The largest absolute Gasteiger partial charge is 0.494 e. The minimum absolute atomic E-state index is 0.0682. The van der Waals surface area contributed by atoms with E-state index in [1.165, 1.54) is 0 Å². The van der Waals surface area contributed by atoms with Crippen LogP contribution in [0, 0.1) is 5.92 Å². The maximum absolute atomic E-state index is 5.80. The Morgan fingerprint density at radius 2 is 2.00 bits per heavy atom. The maximum atomic E-state index is 5.80. The quantitative estimate of drug-likeness (QED) is 0.805. The van der Waals surface area contributed by atoms with Gasteiger partial charge in [0.25, 0.3) is 0 Å². The number of ether oxygens (including phenoxy) is 1. The zero-order valence-electron chi connectivity index (χ0n) is 9.86. The fourth-order valence-electron chi connectivity index (χ4n) is 1.30. The summed E-state index contributed by atoms with van der Waals surface area (Å²) in [6.45, 7) is 7.15. The highest BCUT2D eigenvalue weighted by molar-refractivity contribution is 5.30. The first kappa shape index (κ1) is 12.1. The first-order chi connectivity index (χ1) is 7.09. The lowest BCUT2D eigenvalue weighted by molar-refractivity contribution is 0.289. The van der Waals surface area contributed by atoms with Crippen molar-refractivity contribution in [2.75, 3.05) is 6.61 Å². The lowest BCUT2D eigenvalue weighted by Crippen LogP contribution is -2.06. The van der Waals surface area contributed by atoms with Crippen LogP contribution in [-0.4, -0.2) is 6.61 Å². The number of benzene rings is 1. The average molecular weight is 207 g/mol. The van der Waals surface area contributed by atoms with Crippen LogP contribution in [0.25, 0.3) is 0 Å². The predicted octanol–water partition coefficient (Wildman–Crippen LogP) is 3.13. The van der Waals surface area contributed by atoms with Gasteiger partial charge in [-0.2, -0.15) is 0 Å². The molecule has 2 N–H and O–H groups in total. The first-order valence-electron chi connectivity index (χ1n) is 5.58. The van der Waals surface area contributed by atoms with Crippen molar-refractivity contribution in [1.29, 1.82) is 0 Å². The molecule has 1 rings (SSSR count). The van der Waals surface area contributed by atoms with E-state index in [1.807, 2.05) is 31.2 Å². The minimum atomic E-state index is 0.0682. The Bertz CT molecular complexity index is 294. The SMILES string of the molecule is CC(C)CCOc1cccc([C@H](C)N)c1. The molecule has 1 aromatic rings. The van der Waals surface area contributed by atoms with Crippen LogP contribution >= 0.6 is 0 Å². The van der Waals surface area contributed by atoms with Crippen LogP contribution in [0.4, 0.5) is 0 Å². The maximum Gasteiger partial charge on any atom is 0.119 e. The van der Waals surface area contributed by atoms with Crippen molar-refractivity contribution in [3.8, 4) is 5.75 Å². The molecular weight excluding hydrogens is 186 g/mol. The van der Waals surface area contributed by atoms with E-state index in [1.54, 1.807) is 0 Å². The van der Waals surface area contributed by atoms with Crippen LogP contribution in [0.3, 0.4) is 0 Å². The highest BCUT2D eigenvalue weighted by Gasteiger charge is 2.01. The van der Waals surface area contributed by atoms with E-state index in [9.17, 15) is 0 Å². The van der Waals surface area contributed by atoms with Crippen molar-refractivity contribution >= 4 is 0 Å². The molecule has 0 aliphatic heterocycles. The topological polar surface area (TPSA) is 35.2 Å². The second-order valence-electron chi connectivity index (χ2n) is 4.39. The number of rotatable bonds is 5. The summed E-state index contributed by atoms with van der Waals surface area (Å²) >= 11 is 0. The standard InChI is InChI=1S/C13H21NO/c1-10(2)7-8-15-13-6-4-5-12(9-13)11(3)14/h4-6,9-11H,7-8,14H2,1-3H3/t11-/m0/s1. The molecule has 0 bridgehead atoms. The molecule has 2 nitrogen and oxygen atoms in total. The zero-order valence-corrected chi connectivity index (χ0v) is 9.86. The van der Waals surface area contributed by atoms with E-state index in [0.717, 1.165) is 24.3 Å². The van der Waals surface area contributed by atoms with E-state index in [2.05, 4.69) is 13.8 Å². The van der Waals surface area contributed by atoms with Crippen LogP contribution in [0.1, 0.15) is 38.8 Å². The van der Waals surface area contributed by atoms with Gasteiger partial charge in [-0.15, -0.1) is 0 Å². The fourth-order valence-corrected chi connectivity index (χ4v) is 1.30. The summed E-state index contributed by atoms with van der Waals surface area (Å²) in [6, 6.07) is 8.08. The zero-order chi connectivity index (χ0) is 11.3. The summed E-state index contributed by atoms with van der Waals surface area (Å²) in [7, 11) is 0. The third kappa shape index (κ3) is 4.34. The van der Waals surface area contributed by atoms with E-state index in [0.29, 0.717) is 5.92 Å². The van der Waals surface area contributed by atoms with E-state index in [4.69, 9.17) is 10.5 Å². The summed E-state index contributed by atoms with van der Waals surface area (Å²) in [6.07, 6.45) is 1.09. The van der Waals surface area contributed by atoms with Crippen molar-refractivity contribution in [1.82, 2.24) is 0 Å². The summed E-state index contributed by atoms with van der Waals surface area (Å²) in [5, 5.41) is 0. The van der Waals surface area contributed by atoms with E-state index < -0.39 is 0 Å². The molecule has 15 heavy (non-hydrogen) atoms. The van der Waals surface area contributed by atoms with Gasteiger partial charge in [-0.25, -0.2) is 0 Å². The van der Waals surface area contributed by atoms with E-state index >= 15 is 0 Å². The second kappa shape index (κ2) is 5.76. The predicted molar refractivity (Wildman–Crippen MR) is 64.0 cm³/mol. The molecule has 0 aliphatic rings. The van der Waals surface area contributed by atoms with Gasteiger partial charge in [-0.05, 0) is 37.0 Å². The van der Waals surface area contributed by atoms with Crippen LogP contribution in [-0.2, 0) is 0 Å². The van der Waals surface area contributed by atoms with Gasteiger partial charge in [-0.3, -0.25) is 0 Å². The normalized spacial score (nSPS) is 12.9. The fraction of sp³-hybridized carbons (Fsp3) is 0.538. The molecular formula is C13H21NO. The highest BCUT2D eigenvalue weighted by Crippen LogP contribution is 2.18. The Kier molecular flexibility index (Phi) is 4.63. The summed E-state index contributed by atoms with van der Waals surface area (Å²) < 4.78 is 5.65. The Balaban J connectivity index is 2.50. The monoisotopic (exact) mass is 207 g/mol. The molecule has 1 aromatic carbocycles. The molecule has 0 saturated heterocycles. The molecule has 0 saturated carbocycles. The third-order valence-corrected chi connectivity index (χ3v) is 2.35. The van der Waals surface area contributed by atoms with Gasteiger partial charge in [0.1, 0.15) is 5.75 Å². The van der Waals surface area contributed by atoms with Crippen LogP contribution in [0.2, 0.25) is 0 Å². The molecule has 2 heteroatoms. The minimum Gasteiger partial charge on any atom is -0.494 e. The van der Waals surface area contributed by atoms with Crippen LogP contribution in [0.15, 0.2) is 24.3 Å². The number of hydrogen-bond donors (Lipinski definition) is 1. The van der Waals surface area contributed by atoms with Crippen molar-refractivity contribution in [3.63, 3.8) is 0 Å². The Labute approximate surface area is 92.4 Å². The first-order valence-corrected chi connectivity index (χ1v) is 5.58. The summed E-state index contributed by atoms with van der Waals surface area (Å²) in [5.74, 6) is 1.60. The molecule has 0 unspecified atom stereocenters. The van der Waals surface area contributed by atoms with Crippen molar-refractivity contribution in [3.05, 3.63) is 29.8 Å². The lowest BCUT2D eigenvalue weighted by atomic mass is 10.1. The molecule has 84 valence electrons. The van der Waals surface area contributed by atoms with Crippen molar-refractivity contribution in [2.45, 2.75) is 33.2 Å². The summed E-state index contributed by atoms with van der Waals surface area (Å²) in [5.41, 5.74) is 6.93. The molecule has 1 atom stereocenters. The van der Waals surface area contributed by atoms with E-state index in [-0.39, 0.29) is 6.04 Å². The lowest BCUT2D eigenvalue weighted by Gasteiger charge is -2.10. The molecule has 0 spiro atoms. The molecule has 0 amide bonds. The molecule has 0 aromatic heterocycles. The van der Waals surface area contributed by atoms with Gasteiger partial charge < -0.3 is 10.5 Å². The van der Waals surface area contributed by atoms with Gasteiger partial charge in [-0.1, -0.05) is 26.0 Å². The van der Waals surface area contributed by atoms with Gasteiger partial charge in [0.2, 0.25) is 0 Å². The van der Waals surface area contributed by atoms with Gasteiger partial charge in [0, 0.05) is 6.04 Å². The van der Waals surface area contributed by atoms with Crippen molar-refractivity contribution in [2.24, 2.45) is 11.7 Å². The molecule has 0 fully saturated rings. The molecule has 0 aliphatic carbocycles. The van der Waals surface area contributed by atoms with Gasteiger partial charge >= 0.3 is 0 Å². The highest BCUT2D eigenvalue weighted by atomic mass is 16.5. The van der Waals surface area contributed by atoms with Gasteiger partial charge in [0.05, 0.1) is 6.61 Å². The number of nitrogens with two attached hydrogens (primary N) is 1. The third-order valence-electron chi connectivity index (χ3n) is 2.35. The van der Waals surface area contributed by atoms with Gasteiger partial charge in [0.15, 0.2) is 0 Å². The Morgan fingerprint density at radius 3 is 2.60 bits per heavy atom. The Hall–Kier alpha value is -1.02. The van der Waals surface area contributed by atoms with Crippen LogP contribution in [0.5, 0.6) is 5.75 Å².